The van der Waals surface area contributed by atoms with Crippen molar-refractivity contribution in [3.05, 3.63) is 0 Å². The second kappa shape index (κ2) is 6.92. The first-order valence-corrected chi connectivity index (χ1v) is 8.51. The average Bonchev–Trinajstić information content (AvgIpc) is 2.25. The monoisotopic (exact) mass is 283 g/mol. The molecule has 1 aliphatic heterocycles. The molecule has 1 saturated heterocycles. The van der Waals surface area contributed by atoms with Crippen LogP contribution in [0.1, 0.15) is 32.1 Å². The first kappa shape index (κ1) is 15.2. The topological polar surface area (TPSA) is 57.6 Å². The maximum absolute atomic E-state index is 11.4. The number of piperidine rings is 1. The molecular weight excluding hydrogens is 262 g/mol. The van der Waals surface area contributed by atoms with E-state index in [4.69, 9.17) is 11.6 Å². The van der Waals surface area contributed by atoms with E-state index in [1.54, 1.807) is 0 Å². The van der Waals surface area contributed by atoms with E-state index in [1.165, 1.54) is 10.6 Å². The van der Waals surface area contributed by atoms with Gasteiger partial charge in [0.05, 0.1) is 12.4 Å². The maximum Gasteiger partial charge on any atom is 0.211 e. The largest absolute Gasteiger partial charge is 0.393 e. The van der Waals surface area contributed by atoms with E-state index in [0.717, 1.165) is 19.3 Å². The summed E-state index contributed by atoms with van der Waals surface area (Å²) in [6.45, 7) is 1.17. The van der Waals surface area contributed by atoms with Gasteiger partial charge in [-0.05, 0) is 38.0 Å². The summed E-state index contributed by atoms with van der Waals surface area (Å²) in [5.74, 6) is 0.848. The van der Waals surface area contributed by atoms with Crippen molar-refractivity contribution in [3.8, 4) is 0 Å². The van der Waals surface area contributed by atoms with Crippen molar-refractivity contribution >= 4 is 21.6 Å². The lowest BCUT2D eigenvalue weighted by atomic mass is 9.92. The molecule has 0 saturated carbocycles. The van der Waals surface area contributed by atoms with E-state index in [1.807, 2.05) is 0 Å². The minimum atomic E-state index is -3.08. The van der Waals surface area contributed by atoms with Gasteiger partial charge in [0, 0.05) is 19.0 Å². The van der Waals surface area contributed by atoms with E-state index >= 15 is 0 Å². The second-order valence-corrected chi connectivity index (χ2v) is 7.21. The van der Waals surface area contributed by atoms with Crippen LogP contribution in [0.4, 0.5) is 0 Å². The molecule has 0 amide bonds. The van der Waals surface area contributed by atoms with Crippen LogP contribution >= 0.6 is 11.6 Å². The molecule has 0 aliphatic carbocycles. The molecule has 2 unspecified atom stereocenters. The number of halogens is 1. The molecule has 0 aromatic carbocycles. The number of nitrogens with zero attached hydrogens (tertiary/aromatic N) is 1. The van der Waals surface area contributed by atoms with Gasteiger partial charge in [-0.15, -0.1) is 11.6 Å². The van der Waals surface area contributed by atoms with Gasteiger partial charge in [0.1, 0.15) is 0 Å². The van der Waals surface area contributed by atoms with E-state index in [2.05, 4.69) is 0 Å². The third-order valence-electron chi connectivity index (χ3n) is 3.23. The second-order valence-electron chi connectivity index (χ2n) is 4.85. The van der Waals surface area contributed by atoms with Crippen molar-refractivity contribution in [2.45, 2.75) is 38.2 Å². The first-order chi connectivity index (χ1) is 7.93. The Kier molecular flexibility index (Phi) is 6.20. The number of hydrogen-bond donors (Lipinski definition) is 1. The summed E-state index contributed by atoms with van der Waals surface area (Å²) >= 11 is 5.57. The minimum Gasteiger partial charge on any atom is -0.393 e. The molecule has 0 spiro atoms. The van der Waals surface area contributed by atoms with Crippen LogP contribution in [0.5, 0.6) is 0 Å². The van der Waals surface area contributed by atoms with Gasteiger partial charge in [-0.1, -0.05) is 0 Å². The van der Waals surface area contributed by atoms with Crippen molar-refractivity contribution in [2.24, 2.45) is 5.92 Å². The fourth-order valence-electron chi connectivity index (χ4n) is 2.34. The zero-order valence-corrected chi connectivity index (χ0v) is 11.9. The highest BCUT2D eigenvalue weighted by molar-refractivity contribution is 7.88. The van der Waals surface area contributed by atoms with E-state index in [9.17, 15) is 13.5 Å². The molecular formula is C11H22ClNO3S. The summed E-state index contributed by atoms with van der Waals surface area (Å²) in [5, 5.41) is 9.79. The van der Waals surface area contributed by atoms with Crippen LogP contribution in [0, 0.1) is 5.92 Å². The number of alkyl halides is 1. The number of hydrogen-bond acceptors (Lipinski definition) is 3. The smallest absolute Gasteiger partial charge is 0.211 e. The molecule has 0 radical (unpaired) electrons. The van der Waals surface area contributed by atoms with Crippen LogP contribution in [0.15, 0.2) is 0 Å². The maximum atomic E-state index is 11.4. The molecule has 0 aromatic rings. The fourth-order valence-corrected chi connectivity index (χ4v) is 3.43. The number of aliphatic hydroxyl groups is 1. The Bertz CT molecular complexity index is 321. The molecule has 102 valence electrons. The Hall–Kier alpha value is 0.160. The molecule has 1 heterocycles. The molecule has 1 rings (SSSR count). The third kappa shape index (κ3) is 5.55. The number of sulfonamides is 1. The zero-order valence-electron chi connectivity index (χ0n) is 10.3. The number of aliphatic hydroxyl groups excluding tert-OH is 1. The van der Waals surface area contributed by atoms with Crippen molar-refractivity contribution in [1.82, 2.24) is 4.31 Å². The summed E-state index contributed by atoms with van der Waals surface area (Å²) in [6.07, 6.45) is 4.99. The van der Waals surface area contributed by atoms with Gasteiger partial charge in [-0.3, -0.25) is 0 Å². The van der Waals surface area contributed by atoms with Gasteiger partial charge >= 0.3 is 0 Å². The van der Waals surface area contributed by atoms with Gasteiger partial charge in [-0.25, -0.2) is 12.7 Å². The van der Waals surface area contributed by atoms with Gasteiger partial charge in [0.15, 0.2) is 0 Å². The van der Waals surface area contributed by atoms with Crippen LogP contribution in [0.2, 0.25) is 0 Å². The third-order valence-corrected chi connectivity index (χ3v) is 4.76. The molecule has 1 N–H and O–H groups in total. The molecule has 0 aromatic heterocycles. The summed E-state index contributed by atoms with van der Waals surface area (Å²) in [4.78, 5) is 0. The zero-order chi connectivity index (χ0) is 12.9. The van der Waals surface area contributed by atoms with Crippen LogP contribution in [-0.2, 0) is 10.0 Å². The van der Waals surface area contributed by atoms with Crippen molar-refractivity contribution in [2.75, 3.05) is 25.2 Å². The normalized spacial score (nSPS) is 24.8. The van der Waals surface area contributed by atoms with Crippen LogP contribution in [0.3, 0.4) is 0 Å². The van der Waals surface area contributed by atoms with Crippen LogP contribution < -0.4 is 0 Å². The van der Waals surface area contributed by atoms with Gasteiger partial charge in [0.25, 0.3) is 0 Å². The Labute approximate surface area is 109 Å². The SMILES string of the molecule is CS(=O)(=O)N1CCCC(CC(O)CCCCl)C1. The van der Waals surface area contributed by atoms with Crippen molar-refractivity contribution in [1.29, 1.82) is 0 Å². The standard InChI is InChI=1S/C11H22ClNO3S/c1-17(15,16)13-7-3-4-10(9-13)8-11(14)5-2-6-12/h10-11,14H,2-9H2,1H3. The Morgan fingerprint density at radius 2 is 2.24 bits per heavy atom. The Balaban J connectivity index is 2.39. The molecule has 4 nitrogen and oxygen atoms in total. The van der Waals surface area contributed by atoms with Crippen LogP contribution in [-0.4, -0.2) is 49.2 Å². The number of rotatable bonds is 6. The molecule has 0 bridgehead atoms. The van der Waals surface area contributed by atoms with Gasteiger partial charge in [0.2, 0.25) is 10.0 Å². The highest BCUT2D eigenvalue weighted by Gasteiger charge is 2.26. The lowest BCUT2D eigenvalue weighted by Crippen LogP contribution is -2.40. The Morgan fingerprint density at radius 3 is 2.82 bits per heavy atom. The Morgan fingerprint density at radius 1 is 1.53 bits per heavy atom. The molecule has 1 fully saturated rings. The van der Waals surface area contributed by atoms with E-state index in [0.29, 0.717) is 31.8 Å². The lowest BCUT2D eigenvalue weighted by molar-refractivity contribution is 0.114. The van der Waals surface area contributed by atoms with Gasteiger partial charge < -0.3 is 5.11 Å². The summed E-state index contributed by atoms with van der Waals surface area (Å²) in [6, 6.07) is 0. The minimum absolute atomic E-state index is 0.281. The molecule has 6 heteroatoms. The first-order valence-electron chi connectivity index (χ1n) is 6.12. The highest BCUT2D eigenvalue weighted by Crippen LogP contribution is 2.23. The van der Waals surface area contributed by atoms with Gasteiger partial charge in [-0.2, -0.15) is 0 Å². The summed E-state index contributed by atoms with van der Waals surface area (Å²) in [5.41, 5.74) is 0. The quantitative estimate of drug-likeness (QED) is 0.750. The molecule has 1 aliphatic rings. The average molecular weight is 284 g/mol. The van der Waals surface area contributed by atoms with Crippen LogP contribution in [0.25, 0.3) is 0 Å². The van der Waals surface area contributed by atoms with E-state index in [-0.39, 0.29) is 12.0 Å². The van der Waals surface area contributed by atoms with Crippen molar-refractivity contribution < 1.29 is 13.5 Å². The highest BCUT2D eigenvalue weighted by atomic mass is 35.5. The summed E-state index contributed by atoms with van der Waals surface area (Å²) in [7, 11) is -3.08. The predicted molar refractivity (Wildman–Crippen MR) is 69.7 cm³/mol. The van der Waals surface area contributed by atoms with E-state index < -0.39 is 10.0 Å². The lowest BCUT2D eigenvalue weighted by Gasteiger charge is -2.32. The van der Waals surface area contributed by atoms with Crippen molar-refractivity contribution in [3.63, 3.8) is 0 Å². The summed E-state index contributed by atoms with van der Waals surface area (Å²) < 4.78 is 24.4. The molecule has 17 heavy (non-hydrogen) atoms. The predicted octanol–water partition coefficient (Wildman–Crippen LogP) is 1.43. The molecule has 2 atom stereocenters. The fraction of sp³-hybridized carbons (Fsp3) is 1.00.